The molecule has 1 unspecified atom stereocenters. The van der Waals surface area contributed by atoms with E-state index in [1.807, 2.05) is 4.90 Å². The molecule has 0 saturated carbocycles. The number of ether oxygens (including phenoxy) is 1. The number of carbonyl (C=O) groups is 2. The zero-order chi connectivity index (χ0) is 10.8. The van der Waals surface area contributed by atoms with E-state index in [9.17, 15) is 9.59 Å². The Morgan fingerprint density at radius 3 is 2.53 bits per heavy atom. The van der Waals surface area contributed by atoms with Gasteiger partial charge in [-0.2, -0.15) is 0 Å². The molecule has 84 valence electrons. The monoisotopic (exact) mass is 212 g/mol. The highest BCUT2D eigenvalue weighted by atomic mass is 16.6. The number of likely N-dealkylation sites (N-methyl/N-ethyl adjacent to an activating group) is 1. The topological polar surface area (TPSA) is 49.9 Å². The van der Waals surface area contributed by atoms with Gasteiger partial charge in [0.1, 0.15) is 0 Å². The van der Waals surface area contributed by atoms with Gasteiger partial charge in [0.05, 0.1) is 13.1 Å². The Morgan fingerprint density at radius 2 is 1.93 bits per heavy atom. The third-order valence-electron chi connectivity index (χ3n) is 3.01. The summed E-state index contributed by atoms with van der Waals surface area (Å²) in [6, 6.07) is 0.320. The summed E-state index contributed by atoms with van der Waals surface area (Å²) < 4.78 is 4.50. The van der Waals surface area contributed by atoms with Crippen LogP contribution in [0.25, 0.3) is 0 Å². The van der Waals surface area contributed by atoms with E-state index in [0.29, 0.717) is 6.04 Å². The van der Waals surface area contributed by atoms with Crippen molar-refractivity contribution in [3.63, 3.8) is 0 Å². The molecule has 2 heterocycles. The molecule has 2 fully saturated rings. The highest BCUT2D eigenvalue weighted by Crippen LogP contribution is 2.16. The van der Waals surface area contributed by atoms with Crippen LogP contribution in [0, 0.1) is 0 Å². The number of esters is 2. The Morgan fingerprint density at radius 1 is 1.27 bits per heavy atom. The van der Waals surface area contributed by atoms with Gasteiger partial charge in [0.25, 0.3) is 0 Å². The van der Waals surface area contributed by atoms with E-state index in [4.69, 9.17) is 0 Å². The summed E-state index contributed by atoms with van der Waals surface area (Å²) in [7, 11) is 2.07. The molecule has 0 aromatic rings. The number of cyclic esters (lactones) is 2. The predicted molar refractivity (Wildman–Crippen MR) is 53.2 cm³/mol. The molecule has 2 saturated heterocycles. The lowest BCUT2D eigenvalue weighted by atomic mass is 10.0. The fourth-order valence-electron chi connectivity index (χ4n) is 2.27. The first-order valence-corrected chi connectivity index (χ1v) is 5.31. The minimum Gasteiger partial charge on any atom is -0.391 e. The molecule has 2 aliphatic heterocycles. The molecule has 0 radical (unpaired) electrons. The van der Waals surface area contributed by atoms with Gasteiger partial charge in [-0.3, -0.25) is 14.5 Å². The standard InChI is InChI=1S/C10H16N2O3/c1-11-4-2-3-8(5-11)12-6-9(13)15-10(14)7-12/h8H,2-7H2,1H3. The Kier molecular flexibility index (Phi) is 3.02. The van der Waals surface area contributed by atoms with Crippen LogP contribution in [0.5, 0.6) is 0 Å². The largest absolute Gasteiger partial charge is 0.391 e. The summed E-state index contributed by atoms with van der Waals surface area (Å²) in [6.07, 6.45) is 2.19. The van der Waals surface area contributed by atoms with Gasteiger partial charge in [0, 0.05) is 12.6 Å². The molecule has 15 heavy (non-hydrogen) atoms. The molecule has 0 aromatic heterocycles. The van der Waals surface area contributed by atoms with E-state index in [2.05, 4.69) is 16.7 Å². The number of carbonyl (C=O) groups excluding carboxylic acids is 2. The van der Waals surface area contributed by atoms with Gasteiger partial charge in [-0.15, -0.1) is 0 Å². The lowest BCUT2D eigenvalue weighted by molar-refractivity contribution is -0.168. The SMILES string of the molecule is CN1CCCC(N2CC(=O)OC(=O)C2)C1. The Balaban J connectivity index is 1.96. The first-order chi connectivity index (χ1) is 7.15. The average Bonchev–Trinajstić information content (AvgIpc) is 2.16. The lowest BCUT2D eigenvalue weighted by Gasteiger charge is -2.38. The zero-order valence-electron chi connectivity index (χ0n) is 8.94. The van der Waals surface area contributed by atoms with Crippen LogP contribution in [0.15, 0.2) is 0 Å². The third-order valence-corrected chi connectivity index (χ3v) is 3.01. The van der Waals surface area contributed by atoms with E-state index in [-0.39, 0.29) is 13.1 Å². The highest BCUT2D eigenvalue weighted by molar-refractivity contribution is 5.90. The Bertz CT molecular complexity index is 264. The summed E-state index contributed by atoms with van der Waals surface area (Å²) in [6.45, 7) is 2.54. The maximum absolute atomic E-state index is 11.1. The van der Waals surface area contributed by atoms with Gasteiger partial charge >= 0.3 is 11.9 Å². The van der Waals surface area contributed by atoms with E-state index in [1.54, 1.807) is 0 Å². The fourth-order valence-corrected chi connectivity index (χ4v) is 2.27. The van der Waals surface area contributed by atoms with Crippen molar-refractivity contribution >= 4 is 11.9 Å². The summed E-state index contributed by atoms with van der Waals surface area (Å²) in [5.74, 6) is -0.834. The number of rotatable bonds is 1. The molecule has 5 nitrogen and oxygen atoms in total. The number of morpholine rings is 1. The molecule has 5 heteroatoms. The highest BCUT2D eigenvalue weighted by Gasteiger charge is 2.31. The average molecular weight is 212 g/mol. The second-order valence-corrected chi connectivity index (χ2v) is 4.31. The van der Waals surface area contributed by atoms with Gasteiger partial charge in [0.15, 0.2) is 0 Å². The first-order valence-electron chi connectivity index (χ1n) is 5.31. The number of likely N-dealkylation sites (tertiary alicyclic amines) is 1. The van der Waals surface area contributed by atoms with Crippen molar-refractivity contribution < 1.29 is 14.3 Å². The molecule has 0 N–H and O–H groups in total. The maximum Gasteiger partial charge on any atom is 0.327 e. The number of hydrogen-bond acceptors (Lipinski definition) is 5. The third kappa shape index (κ3) is 2.54. The van der Waals surface area contributed by atoms with Crippen LogP contribution in [0.2, 0.25) is 0 Å². The number of piperidine rings is 1. The first kappa shape index (κ1) is 10.6. The fraction of sp³-hybridized carbons (Fsp3) is 0.800. The second kappa shape index (κ2) is 4.28. The second-order valence-electron chi connectivity index (χ2n) is 4.31. The van der Waals surface area contributed by atoms with Gasteiger partial charge < -0.3 is 9.64 Å². The summed E-state index contributed by atoms with van der Waals surface area (Å²) in [4.78, 5) is 26.4. The number of hydrogen-bond donors (Lipinski definition) is 0. The van der Waals surface area contributed by atoms with E-state index in [0.717, 1.165) is 25.9 Å². The molecule has 2 rings (SSSR count). The molecule has 0 aliphatic carbocycles. The van der Waals surface area contributed by atoms with Gasteiger partial charge in [-0.05, 0) is 26.4 Å². The van der Waals surface area contributed by atoms with Crippen molar-refractivity contribution in [1.82, 2.24) is 9.80 Å². The van der Waals surface area contributed by atoms with Crippen LogP contribution in [0.3, 0.4) is 0 Å². The van der Waals surface area contributed by atoms with E-state index >= 15 is 0 Å². The van der Waals surface area contributed by atoms with Crippen molar-refractivity contribution in [3.8, 4) is 0 Å². The molecule has 2 aliphatic rings. The summed E-state index contributed by atoms with van der Waals surface area (Å²) in [5, 5.41) is 0. The summed E-state index contributed by atoms with van der Waals surface area (Å²) in [5.41, 5.74) is 0. The summed E-state index contributed by atoms with van der Waals surface area (Å²) >= 11 is 0. The molecule has 0 aromatic carbocycles. The smallest absolute Gasteiger partial charge is 0.327 e. The van der Waals surface area contributed by atoms with Crippen molar-refractivity contribution in [3.05, 3.63) is 0 Å². The van der Waals surface area contributed by atoms with Crippen molar-refractivity contribution in [1.29, 1.82) is 0 Å². The normalized spacial score (nSPS) is 30.3. The van der Waals surface area contributed by atoms with Gasteiger partial charge in [-0.25, -0.2) is 0 Å². The molecule has 0 amide bonds. The molecular formula is C10H16N2O3. The molecule has 1 atom stereocenters. The number of nitrogens with zero attached hydrogens (tertiary/aromatic N) is 2. The quantitative estimate of drug-likeness (QED) is 0.432. The molecule has 0 bridgehead atoms. The lowest BCUT2D eigenvalue weighted by Crippen LogP contribution is -2.53. The minimum absolute atomic E-state index is 0.254. The van der Waals surface area contributed by atoms with Crippen LogP contribution in [0.1, 0.15) is 12.8 Å². The van der Waals surface area contributed by atoms with Crippen LogP contribution in [0.4, 0.5) is 0 Å². The van der Waals surface area contributed by atoms with Crippen LogP contribution >= 0.6 is 0 Å². The Hall–Kier alpha value is -0.940. The van der Waals surface area contributed by atoms with E-state index < -0.39 is 11.9 Å². The van der Waals surface area contributed by atoms with Gasteiger partial charge in [-0.1, -0.05) is 0 Å². The maximum atomic E-state index is 11.1. The van der Waals surface area contributed by atoms with Crippen LogP contribution in [-0.2, 0) is 14.3 Å². The van der Waals surface area contributed by atoms with Crippen molar-refractivity contribution in [2.24, 2.45) is 0 Å². The van der Waals surface area contributed by atoms with Crippen molar-refractivity contribution in [2.45, 2.75) is 18.9 Å². The van der Waals surface area contributed by atoms with Crippen LogP contribution < -0.4 is 0 Å². The zero-order valence-corrected chi connectivity index (χ0v) is 8.94. The molecular weight excluding hydrogens is 196 g/mol. The molecule has 0 spiro atoms. The van der Waals surface area contributed by atoms with E-state index in [1.165, 1.54) is 0 Å². The Labute approximate surface area is 89.0 Å². The van der Waals surface area contributed by atoms with Crippen LogP contribution in [-0.4, -0.2) is 61.0 Å². The van der Waals surface area contributed by atoms with Gasteiger partial charge in [0.2, 0.25) is 0 Å². The van der Waals surface area contributed by atoms with Crippen molar-refractivity contribution in [2.75, 3.05) is 33.2 Å². The predicted octanol–water partition coefficient (Wildman–Crippen LogP) is -0.534. The minimum atomic E-state index is -0.417.